The van der Waals surface area contributed by atoms with Crippen LogP contribution in [0.25, 0.3) is 0 Å². The Bertz CT molecular complexity index is 656. The van der Waals surface area contributed by atoms with Crippen LogP contribution in [0.1, 0.15) is 39.0 Å². The summed E-state index contributed by atoms with van der Waals surface area (Å²) in [6.45, 7) is 5.88. The average Bonchev–Trinajstić information content (AvgIpc) is 3.25. The second-order valence-corrected chi connectivity index (χ2v) is 6.25. The summed E-state index contributed by atoms with van der Waals surface area (Å²) in [4.78, 5) is 39.7. The Morgan fingerprint density at radius 2 is 2.08 bits per heavy atom. The van der Waals surface area contributed by atoms with Crippen molar-refractivity contribution < 1.29 is 28.9 Å². The van der Waals surface area contributed by atoms with E-state index >= 15 is 0 Å². The molecule has 0 aromatic carbocycles. The van der Waals surface area contributed by atoms with E-state index in [1.54, 1.807) is 26.0 Å². The molecule has 2 fully saturated rings. The molecule has 7 heteroatoms. The van der Waals surface area contributed by atoms with Gasteiger partial charge in [0.2, 0.25) is 17.4 Å². The number of esters is 1. The molecule has 3 rings (SSSR count). The van der Waals surface area contributed by atoms with Gasteiger partial charge in [0.05, 0.1) is 12.9 Å². The Hall–Kier alpha value is -2.15. The highest BCUT2D eigenvalue weighted by Gasteiger charge is 2.72. The molecule has 0 unspecified atom stereocenters. The van der Waals surface area contributed by atoms with E-state index in [-0.39, 0.29) is 18.4 Å². The van der Waals surface area contributed by atoms with Gasteiger partial charge < -0.3 is 14.5 Å². The summed E-state index contributed by atoms with van der Waals surface area (Å²) in [5.41, 5.74) is -1.09. The van der Waals surface area contributed by atoms with Gasteiger partial charge in [0.15, 0.2) is 11.8 Å². The summed E-state index contributed by atoms with van der Waals surface area (Å²) in [6, 6.07) is 3.12. The molecule has 0 aliphatic carbocycles. The second kappa shape index (κ2) is 6.05. The number of rotatable bonds is 5. The number of hydrogen-bond donors (Lipinski definition) is 1. The van der Waals surface area contributed by atoms with Crippen LogP contribution in [-0.4, -0.2) is 41.4 Å². The van der Waals surface area contributed by atoms with Gasteiger partial charge in [0.25, 0.3) is 0 Å². The van der Waals surface area contributed by atoms with E-state index < -0.39 is 29.4 Å². The van der Waals surface area contributed by atoms with Gasteiger partial charge in [0, 0.05) is 13.0 Å². The van der Waals surface area contributed by atoms with Crippen molar-refractivity contribution in [2.45, 2.75) is 38.8 Å². The Morgan fingerprint density at radius 3 is 2.62 bits per heavy atom. The number of likely N-dealkylation sites (tertiary alicyclic amines) is 1. The standard InChI is InChI=1S/C17H22N2O5/c1-4-17(16(22)23-6-3)12-11(14(20)19(5-2)15(12)21)13(18-17)10-8-7-9-24-10/h7-9,11-13,18H,4-6H2,1-3H3/p+1/t11-,12-,13-,17+/m0/s1. The number of imide groups is 1. The maximum atomic E-state index is 12.9. The highest BCUT2D eigenvalue weighted by molar-refractivity contribution is 6.08. The van der Waals surface area contributed by atoms with Crippen molar-refractivity contribution >= 4 is 17.8 Å². The molecule has 0 bridgehead atoms. The van der Waals surface area contributed by atoms with Crippen LogP contribution in [-0.2, 0) is 19.1 Å². The lowest BCUT2D eigenvalue weighted by Gasteiger charge is -2.28. The molecule has 7 nitrogen and oxygen atoms in total. The Kier molecular flexibility index (Phi) is 4.21. The number of quaternary nitrogens is 1. The van der Waals surface area contributed by atoms with Crippen molar-refractivity contribution in [2.75, 3.05) is 13.2 Å². The molecule has 1 aromatic rings. The van der Waals surface area contributed by atoms with Gasteiger partial charge in [-0.05, 0) is 26.0 Å². The summed E-state index contributed by atoms with van der Waals surface area (Å²) in [5, 5.41) is 1.81. The van der Waals surface area contributed by atoms with Crippen LogP contribution in [0.4, 0.5) is 0 Å². The molecular weight excluding hydrogens is 312 g/mol. The molecule has 24 heavy (non-hydrogen) atoms. The molecule has 2 N–H and O–H groups in total. The third-order valence-electron chi connectivity index (χ3n) is 5.29. The van der Waals surface area contributed by atoms with E-state index in [0.29, 0.717) is 18.7 Å². The van der Waals surface area contributed by atoms with Crippen molar-refractivity contribution in [3.63, 3.8) is 0 Å². The third kappa shape index (κ3) is 2.11. The van der Waals surface area contributed by atoms with E-state index in [4.69, 9.17) is 9.15 Å². The fraction of sp³-hybridized carbons (Fsp3) is 0.588. The van der Waals surface area contributed by atoms with Crippen molar-refractivity contribution in [1.29, 1.82) is 0 Å². The topological polar surface area (TPSA) is 93.4 Å². The van der Waals surface area contributed by atoms with E-state index in [1.807, 2.05) is 12.2 Å². The van der Waals surface area contributed by atoms with Crippen molar-refractivity contribution in [2.24, 2.45) is 11.8 Å². The number of nitrogens with zero attached hydrogens (tertiary/aromatic N) is 1. The average molecular weight is 335 g/mol. The fourth-order valence-corrected chi connectivity index (χ4v) is 4.18. The second-order valence-electron chi connectivity index (χ2n) is 6.25. The number of furan rings is 1. The predicted molar refractivity (Wildman–Crippen MR) is 82.4 cm³/mol. The van der Waals surface area contributed by atoms with Gasteiger partial charge in [-0.2, -0.15) is 0 Å². The smallest absolute Gasteiger partial charge is 0.368 e. The molecule has 4 atom stereocenters. The van der Waals surface area contributed by atoms with E-state index in [2.05, 4.69) is 0 Å². The maximum Gasteiger partial charge on any atom is 0.368 e. The summed E-state index contributed by atoms with van der Waals surface area (Å²) >= 11 is 0. The highest BCUT2D eigenvalue weighted by Crippen LogP contribution is 2.45. The van der Waals surface area contributed by atoms with E-state index in [9.17, 15) is 14.4 Å². The first-order chi connectivity index (χ1) is 11.5. The minimum Gasteiger partial charge on any atom is -0.463 e. The van der Waals surface area contributed by atoms with Gasteiger partial charge in [-0.25, -0.2) is 4.79 Å². The summed E-state index contributed by atoms with van der Waals surface area (Å²) in [7, 11) is 0. The number of fused-ring (bicyclic) bond motifs is 1. The first-order valence-corrected chi connectivity index (χ1v) is 8.43. The minimum absolute atomic E-state index is 0.232. The highest BCUT2D eigenvalue weighted by atomic mass is 16.5. The molecule has 0 saturated carbocycles. The van der Waals surface area contributed by atoms with E-state index in [0.717, 1.165) is 0 Å². The number of nitrogens with two attached hydrogens (primary N) is 1. The fourth-order valence-electron chi connectivity index (χ4n) is 4.18. The largest absolute Gasteiger partial charge is 0.463 e. The van der Waals surface area contributed by atoms with E-state index in [1.165, 1.54) is 11.2 Å². The lowest BCUT2D eigenvalue weighted by atomic mass is 9.78. The molecule has 1 aromatic heterocycles. The van der Waals surface area contributed by atoms with Crippen LogP contribution in [0, 0.1) is 11.8 Å². The van der Waals surface area contributed by atoms with Gasteiger partial charge in [-0.15, -0.1) is 0 Å². The molecule has 0 spiro atoms. The molecule has 2 aliphatic rings. The SMILES string of the molecule is CCOC(=O)[C@]1(CC)[NH2+][C@@H](c2ccco2)[C@H]2C(=O)N(CC)C(=O)[C@H]21. The lowest BCUT2D eigenvalue weighted by molar-refractivity contribution is -0.736. The van der Waals surface area contributed by atoms with Crippen LogP contribution in [0.3, 0.4) is 0 Å². The first-order valence-electron chi connectivity index (χ1n) is 8.43. The number of ether oxygens (including phenoxy) is 1. The van der Waals surface area contributed by atoms with Crippen LogP contribution < -0.4 is 5.32 Å². The monoisotopic (exact) mass is 335 g/mol. The summed E-state index contributed by atoms with van der Waals surface area (Å²) < 4.78 is 10.8. The van der Waals surface area contributed by atoms with Crippen molar-refractivity contribution in [3.8, 4) is 0 Å². The zero-order valence-corrected chi connectivity index (χ0v) is 14.2. The lowest BCUT2D eigenvalue weighted by Crippen LogP contribution is -2.98. The van der Waals surface area contributed by atoms with Gasteiger partial charge in [-0.1, -0.05) is 6.92 Å². The summed E-state index contributed by atoms with van der Waals surface area (Å²) in [5.74, 6) is -1.67. The molecule has 0 radical (unpaired) electrons. The number of hydrogen-bond acceptors (Lipinski definition) is 5. The number of carbonyl (C=O) groups is 3. The minimum atomic E-state index is -1.09. The van der Waals surface area contributed by atoms with Gasteiger partial charge in [-0.3, -0.25) is 14.5 Å². The molecule has 2 amide bonds. The molecule has 2 saturated heterocycles. The molecular formula is C17H23N2O5+. The number of amides is 2. The Balaban J connectivity index is 2.10. The predicted octanol–water partition coefficient (Wildman–Crippen LogP) is 0.231. The van der Waals surface area contributed by atoms with Crippen molar-refractivity contribution in [1.82, 2.24) is 4.90 Å². The van der Waals surface area contributed by atoms with Crippen LogP contribution in [0.2, 0.25) is 0 Å². The zero-order valence-electron chi connectivity index (χ0n) is 14.2. The van der Waals surface area contributed by atoms with Crippen LogP contribution >= 0.6 is 0 Å². The summed E-state index contributed by atoms with van der Waals surface area (Å²) in [6.07, 6.45) is 1.94. The quantitative estimate of drug-likeness (QED) is 0.614. The van der Waals surface area contributed by atoms with Crippen LogP contribution in [0.5, 0.6) is 0 Å². The third-order valence-corrected chi connectivity index (χ3v) is 5.29. The normalized spacial score (nSPS) is 32.3. The first kappa shape index (κ1) is 16.7. The Morgan fingerprint density at radius 1 is 1.33 bits per heavy atom. The Labute approximate surface area is 140 Å². The van der Waals surface area contributed by atoms with Gasteiger partial charge in [0.1, 0.15) is 11.8 Å². The maximum absolute atomic E-state index is 12.9. The molecule has 130 valence electrons. The zero-order chi connectivity index (χ0) is 17.5. The molecule has 2 aliphatic heterocycles. The van der Waals surface area contributed by atoms with Crippen LogP contribution in [0.15, 0.2) is 22.8 Å². The number of carbonyl (C=O) groups excluding carboxylic acids is 3. The van der Waals surface area contributed by atoms with Gasteiger partial charge >= 0.3 is 5.97 Å². The molecule has 3 heterocycles. The van der Waals surface area contributed by atoms with Crippen molar-refractivity contribution in [3.05, 3.63) is 24.2 Å².